The molecular formula is C17H24F3N5O4S2. The summed E-state index contributed by atoms with van der Waals surface area (Å²) in [6.07, 6.45) is -4.91. The smallest absolute Gasteiger partial charge is 0.379 e. The Morgan fingerprint density at radius 2 is 1.87 bits per heavy atom. The van der Waals surface area contributed by atoms with Gasteiger partial charge in [0.15, 0.2) is 5.11 Å². The van der Waals surface area contributed by atoms with E-state index in [-0.39, 0.29) is 18.1 Å². The molecule has 0 saturated carbocycles. The van der Waals surface area contributed by atoms with E-state index in [1.807, 2.05) is 0 Å². The molecule has 0 spiro atoms. The molecule has 2 rings (SSSR count). The van der Waals surface area contributed by atoms with Gasteiger partial charge in [-0.05, 0) is 30.4 Å². The van der Waals surface area contributed by atoms with Gasteiger partial charge in [0.05, 0.1) is 23.7 Å². The molecule has 0 radical (unpaired) electrons. The summed E-state index contributed by atoms with van der Waals surface area (Å²) in [7, 11) is -4.19. The molecule has 31 heavy (non-hydrogen) atoms. The Bertz CT molecular complexity index is 862. The number of carbonyl (C=O) groups excluding carboxylic acids is 1. The first-order chi connectivity index (χ1) is 14.6. The van der Waals surface area contributed by atoms with Crippen molar-refractivity contribution in [3.05, 3.63) is 29.8 Å². The number of benzene rings is 1. The zero-order valence-corrected chi connectivity index (χ0v) is 18.1. The molecule has 1 saturated heterocycles. The zero-order chi connectivity index (χ0) is 22.9. The van der Waals surface area contributed by atoms with E-state index in [1.54, 1.807) is 0 Å². The molecule has 0 aromatic heterocycles. The van der Waals surface area contributed by atoms with Crippen LogP contribution in [0, 0.1) is 0 Å². The van der Waals surface area contributed by atoms with E-state index in [4.69, 9.17) is 17.0 Å². The van der Waals surface area contributed by atoms with Crippen molar-refractivity contribution in [3.8, 4) is 0 Å². The Morgan fingerprint density at radius 3 is 2.55 bits per heavy atom. The van der Waals surface area contributed by atoms with Gasteiger partial charge in [0.1, 0.15) is 0 Å². The van der Waals surface area contributed by atoms with Crippen molar-refractivity contribution in [2.75, 3.05) is 45.9 Å². The number of hydrazine groups is 1. The first-order valence-electron chi connectivity index (χ1n) is 9.37. The van der Waals surface area contributed by atoms with Gasteiger partial charge in [-0.3, -0.25) is 20.5 Å². The maximum atomic E-state index is 12.7. The highest BCUT2D eigenvalue weighted by molar-refractivity contribution is 7.89. The number of morpholine rings is 1. The van der Waals surface area contributed by atoms with Crippen molar-refractivity contribution in [1.82, 2.24) is 25.8 Å². The lowest BCUT2D eigenvalue weighted by Crippen LogP contribution is -2.49. The Kier molecular flexibility index (Phi) is 9.43. The Labute approximate surface area is 183 Å². The van der Waals surface area contributed by atoms with Crippen molar-refractivity contribution in [3.63, 3.8) is 0 Å². The van der Waals surface area contributed by atoms with Gasteiger partial charge in [0.2, 0.25) is 15.9 Å². The summed E-state index contributed by atoms with van der Waals surface area (Å²) >= 11 is 5.03. The summed E-state index contributed by atoms with van der Waals surface area (Å²) in [4.78, 5) is 13.5. The molecule has 1 amide bonds. The maximum Gasteiger partial charge on any atom is 0.416 e. The van der Waals surface area contributed by atoms with Crippen molar-refractivity contribution in [2.24, 2.45) is 0 Å². The van der Waals surface area contributed by atoms with Crippen LogP contribution in [-0.2, 0) is 25.7 Å². The Balaban J connectivity index is 1.67. The van der Waals surface area contributed by atoms with Crippen LogP contribution in [0.3, 0.4) is 0 Å². The molecular weight excluding hydrogens is 459 g/mol. The van der Waals surface area contributed by atoms with E-state index < -0.39 is 32.6 Å². The van der Waals surface area contributed by atoms with Crippen LogP contribution in [0.1, 0.15) is 12.0 Å². The van der Waals surface area contributed by atoms with Gasteiger partial charge in [-0.1, -0.05) is 6.07 Å². The summed E-state index contributed by atoms with van der Waals surface area (Å²) in [6, 6.07) is 3.35. The summed E-state index contributed by atoms with van der Waals surface area (Å²) in [6.45, 7) is 4.09. The van der Waals surface area contributed by atoms with Gasteiger partial charge in [0, 0.05) is 39.1 Å². The van der Waals surface area contributed by atoms with Gasteiger partial charge in [-0.15, -0.1) is 0 Å². The largest absolute Gasteiger partial charge is 0.416 e. The standard InChI is InChI=1S/C17H24F3N5O4S2/c18-17(19,20)13-2-1-3-14(12-13)31(27,28)22-5-4-15(26)23-24-16(30)21-6-7-25-8-10-29-11-9-25/h1-3,12,22H,4-11H2,(H,23,26)(H2,21,24,30). The van der Waals surface area contributed by atoms with Crippen molar-refractivity contribution >= 4 is 33.3 Å². The molecule has 0 aliphatic carbocycles. The number of amides is 1. The van der Waals surface area contributed by atoms with E-state index in [2.05, 4.69) is 25.8 Å². The third kappa shape index (κ3) is 8.95. The van der Waals surface area contributed by atoms with Crippen molar-refractivity contribution in [1.29, 1.82) is 0 Å². The number of thiocarbonyl (C=S) groups is 1. The predicted molar refractivity (Wildman–Crippen MR) is 110 cm³/mol. The fourth-order valence-corrected chi connectivity index (χ4v) is 3.84. The number of nitrogens with zero attached hydrogens (tertiary/aromatic N) is 1. The van der Waals surface area contributed by atoms with Crippen molar-refractivity contribution in [2.45, 2.75) is 17.5 Å². The van der Waals surface area contributed by atoms with Crippen LogP contribution in [0.5, 0.6) is 0 Å². The third-order valence-corrected chi connectivity index (χ3v) is 5.95. The summed E-state index contributed by atoms with van der Waals surface area (Å²) in [5.41, 5.74) is 3.74. The van der Waals surface area contributed by atoms with Gasteiger partial charge in [0.25, 0.3) is 0 Å². The fourth-order valence-electron chi connectivity index (χ4n) is 2.61. The van der Waals surface area contributed by atoms with E-state index >= 15 is 0 Å². The fraction of sp³-hybridized carbons (Fsp3) is 0.529. The van der Waals surface area contributed by atoms with E-state index in [0.29, 0.717) is 25.8 Å². The number of nitrogens with one attached hydrogen (secondary N) is 4. The molecule has 9 nitrogen and oxygen atoms in total. The third-order valence-electron chi connectivity index (χ3n) is 4.25. The molecule has 1 aromatic carbocycles. The second-order valence-electron chi connectivity index (χ2n) is 6.56. The molecule has 0 unspecified atom stereocenters. The number of rotatable bonds is 8. The number of ether oxygens (including phenoxy) is 1. The lowest BCUT2D eigenvalue weighted by Gasteiger charge is -2.26. The number of hydrogen-bond donors (Lipinski definition) is 4. The highest BCUT2D eigenvalue weighted by atomic mass is 32.2. The molecule has 0 bridgehead atoms. The Morgan fingerprint density at radius 1 is 1.16 bits per heavy atom. The van der Waals surface area contributed by atoms with Gasteiger partial charge in [-0.25, -0.2) is 13.1 Å². The molecule has 1 heterocycles. The van der Waals surface area contributed by atoms with Crippen LogP contribution in [0.25, 0.3) is 0 Å². The lowest BCUT2D eigenvalue weighted by atomic mass is 10.2. The average Bonchev–Trinajstić information content (AvgIpc) is 2.72. The normalized spacial score (nSPS) is 15.3. The average molecular weight is 484 g/mol. The molecule has 4 N–H and O–H groups in total. The maximum absolute atomic E-state index is 12.7. The summed E-state index contributed by atoms with van der Waals surface area (Å²) in [5, 5.41) is 3.12. The van der Waals surface area contributed by atoms with Crippen LogP contribution in [0.4, 0.5) is 13.2 Å². The minimum absolute atomic E-state index is 0.200. The summed E-state index contributed by atoms with van der Waals surface area (Å²) < 4.78 is 69.8. The van der Waals surface area contributed by atoms with Gasteiger partial charge < -0.3 is 10.1 Å². The number of hydrogen-bond acceptors (Lipinski definition) is 6. The number of halogens is 3. The van der Waals surface area contributed by atoms with Crippen molar-refractivity contribution < 1.29 is 31.1 Å². The van der Waals surface area contributed by atoms with Crippen LogP contribution in [-0.4, -0.2) is 70.3 Å². The van der Waals surface area contributed by atoms with Crippen LogP contribution in [0.2, 0.25) is 0 Å². The first kappa shape index (κ1) is 25.3. The van der Waals surface area contributed by atoms with Crippen LogP contribution >= 0.6 is 12.2 Å². The molecule has 14 heteroatoms. The van der Waals surface area contributed by atoms with E-state index in [1.165, 1.54) is 0 Å². The molecule has 0 atom stereocenters. The van der Waals surface area contributed by atoms with Gasteiger partial charge >= 0.3 is 6.18 Å². The molecule has 1 fully saturated rings. The molecule has 1 aliphatic rings. The zero-order valence-electron chi connectivity index (χ0n) is 16.5. The summed E-state index contributed by atoms with van der Waals surface area (Å²) in [5.74, 6) is -0.552. The highest BCUT2D eigenvalue weighted by Crippen LogP contribution is 2.30. The Hall–Kier alpha value is -2.00. The number of alkyl halides is 3. The van der Waals surface area contributed by atoms with E-state index in [0.717, 1.165) is 37.8 Å². The minimum atomic E-state index is -4.66. The quantitative estimate of drug-likeness (QED) is 0.307. The molecule has 1 aromatic rings. The van der Waals surface area contributed by atoms with Gasteiger partial charge in [-0.2, -0.15) is 13.2 Å². The van der Waals surface area contributed by atoms with E-state index in [9.17, 15) is 26.4 Å². The number of carbonyl (C=O) groups is 1. The lowest BCUT2D eigenvalue weighted by molar-refractivity contribution is -0.137. The minimum Gasteiger partial charge on any atom is -0.379 e. The second-order valence-corrected chi connectivity index (χ2v) is 8.73. The topological polar surface area (TPSA) is 112 Å². The molecule has 174 valence electrons. The van der Waals surface area contributed by atoms with Crippen LogP contribution < -0.4 is 20.9 Å². The molecule has 1 aliphatic heterocycles. The SMILES string of the molecule is O=C(CCNS(=O)(=O)c1cccc(C(F)(F)F)c1)NNC(=S)NCCN1CCOCC1. The predicted octanol–water partition coefficient (Wildman–Crippen LogP) is 0.201. The second kappa shape index (κ2) is 11.6. The number of sulfonamides is 1. The monoisotopic (exact) mass is 483 g/mol. The first-order valence-corrected chi connectivity index (χ1v) is 11.3. The highest BCUT2D eigenvalue weighted by Gasteiger charge is 2.31. The van der Waals surface area contributed by atoms with Crippen LogP contribution in [0.15, 0.2) is 29.2 Å².